The number of hydrogen-bond acceptors (Lipinski definition) is 2. The van der Waals surface area contributed by atoms with Crippen LogP contribution in [0.1, 0.15) is 184 Å². The number of aromatic nitrogens is 2. The van der Waals surface area contributed by atoms with Crippen LogP contribution < -0.4 is 0 Å². The van der Waals surface area contributed by atoms with Gasteiger partial charge in [-0.15, -0.1) is 11.3 Å². The molecule has 3 heterocycles. The molecule has 1 aliphatic rings. The fourth-order valence-electron chi connectivity index (χ4n) is 5.18. The largest absolute Gasteiger partial charge is 0.352 e. The zero-order valence-electron chi connectivity index (χ0n) is 37.3. The second-order valence-electron chi connectivity index (χ2n) is 18.4. The van der Waals surface area contributed by atoms with Gasteiger partial charge in [-0.2, -0.15) is 0 Å². The summed E-state index contributed by atoms with van der Waals surface area (Å²) in [4.78, 5) is 5.64. The summed E-state index contributed by atoms with van der Waals surface area (Å²) >= 11 is 7.62. The first-order valence-corrected chi connectivity index (χ1v) is 21.6. The van der Waals surface area contributed by atoms with Crippen molar-refractivity contribution in [1.29, 1.82) is 0 Å². The fourth-order valence-corrected chi connectivity index (χ4v) is 6.19. The molecule has 300 valence electrons. The molecule has 0 aliphatic heterocycles. The van der Waals surface area contributed by atoms with Crippen LogP contribution in [0.4, 0.5) is 0 Å². The van der Waals surface area contributed by atoms with E-state index in [0.29, 0.717) is 34.1 Å². The number of nitrogens with zero attached hydrogens (tertiary/aromatic N) is 2. The quantitative estimate of drug-likeness (QED) is 0.198. The van der Waals surface area contributed by atoms with Gasteiger partial charge in [-0.25, -0.2) is 0 Å². The molecule has 0 amide bonds. The number of thiophene rings is 1. The van der Waals surface area contributed by atoms with Crippen LogP contribution in [0, 0.1) is 22.7 Å². The van der Waals surface area contributed by atoms with Crippen LogP contribution in [-0.2, 0) is 5.41 Å². The SMILES string of the molecule is CC(C)(C)C1CCCC1.CC(C)(C)c1cccs1.CC(C)c1cccc(Cl)c1.CC(C)c1ccccn1.CC(C)n1cccc1.CCC(C)(C)C(C)C. The molecule has 3 aromatic heterocycles. The Labute approximate surface area is 338 Å². The van der Waals surface area contributed by atoms with Crippen molar-refractivity contribution in [2.75, 3.05) is 0 Å². The third kappa shape index (κ3) is 23.2. The minimum atomic E-state index is 0.341. The van der Waals surface area contributed by atoms with E-state index in [1.54, 1.807) is 0 Å². The first kappa shape index (κ1) is 50.6. The Hall–Kier alpha value is -2.36. The minimum Gasteiger partial charge on any atom is -0.352 e. The number of benzene rings is 1. The van der Waals surface area contributed by atoms with Gasteiger partial charge in [0, 0.05) is 40.2 Å². The summed E-state index contributed by atoms with van der Waals surface area (Å²) in [6, 6.07) is 23.0. The molecule has 0 unspecified atom stereocenters. The first-order valence-electron chi connectivity index (χ1n) is 20.4. The molecule has 0 radical (unpaired) electrons. The summed E-state index contributed by atoms with van der Waals surface area (Å²) in [6.45, 7) is 38.2. The molecule has 1 aromatic carbocycles. The molecule has 0 atom stereocenters. The van der Waals surface area contributed by atoms with E-state index in [0.717, 1.165) is 22.6 Å². The van der Waals surface area contributed by atoms with Crippen molar-refractivity contribution >= 4 is 22.9 Å². The van der Waals surface area contributed by atoms with E-state index in [1.165, 1.54) is 42.5 Å². The predicted octanol–water partition coefficient (Wildman–Crippen LogP) is 17.1. The van der Waals surface area contributed by atoms with E-state index in [2.05, 4.69) is 163 Å². The highest BCUT2D eigenvalue weighted by atomic mass is 35.5. The number of hydrogen-bond donors (Lipinski definition) is 0. The van der Waals surface area contributed by atoms with Gasteiger partial charge in [-0.05, 0) is 120 Å². The minimum absolute atomic E-state index is 0.341. The maximum Gasteiger partial charge on any atom is 0.0428 e. The zero-order valence-corrected chi connectivity index (χ0v) is 38.8. The van der Waals surface area contributed by atoms with Gasteiger partial charge in [-0.3, -0.25) is 4.98 Å². The standard InChI is InChI=1S/C9H11Cl.C9H18.C8H11N.C8H12S.C8H18.C7H11N/c1-7(2)8-4-3-5-9(10)6-8;1-9(2,3)8-6-4-5-7-8;1-7(2)8-5-3-4-6-9-8;1-8(2,3)7-5-4-6-9-7;1-6-8(4,5)7(2)3;1-7(2)8-5-3-4-6-8/h3-7H,1-2H3;8H,4-7H2,1-3H3;3-7H,1-2H3;4-6H,1-3H3;7H,6H2,1-5H3;3-7H,1-2H3. The van der Waals surface area contributed by atoms with Crippen molar-refractivity contribution in [1.82, 2.24) is 9.55 Å². The van der Waals surface area contributed by atoms with Crippen LogP contribution in [0.2, 0.25) is 5.02 Å². The van der Waals surface area contributed by atoms with E-state index < -0.39 is 0 Å². The van der Waals surface area contributed by atoms with Crippen LogP contribution in [0.25, 0.3) is 0 Å². The number of halogens is 1. The van der Waals surface area contributed by atoms with E-state index in [9.17, 15) is 0 Å². The molecule has 4 aromatic rings. The summed E-state index contributed by atoms with van der Waals surface area (Å²) in [7, 11) is 0. The Morgan fingerprint density at radius 2 is 1.32 bits per heavy atom. The lowest BCUT2D eigenvalue weighted by Crippen LogP contribution is -2.17. The smallest absolute Gasteiger partial charge is 0.0428 e. The van der Waals surface area contributed by atoms with Crippen molar-refractivity contribution in [2.24, 2.45) is 22.7 Å². The molecule has 1 saturated carbocycles. The Balaban J connectivity index is 0.000000613. The van der Waals surface area contributed by atoms with E-state index in [1.807, 2.05) is 66.1 Å². The molecule has 53 heavy (non-hydrogen) atoms. The van der Waals surface area contributed by atoms with Crippen LogP contribution in [0.15, 0.2) is 90.7 Å². The molecule has 0 N–H and O–H groups in total. The number of pyridine rings is 1. The molecule has 1 aliphatic carbocycles. The van der Waals surface area contributed by atoms with Gasteiger partial charge in [0.1, 0.15) is 0 Å². The average molecular weight is 766 g/mol. The van der Waals surface area contributed by atoms with Gasteiger partial charge in [0.25, 0.3) is 0 Å². The molecule has 1 fully saturated rings. The zero-order chi connectivity index (χ0) is 40.8. The summed E-state index contributed by atoms with van der Waals surface area (Å²) in [6.07, 6.45) is 13.2. The van der Waals surface area contributed by atoms with E-state index in [-0.39, 0.29) is 0 Å². The lowest BCUT2D eigenvalue weighted by molar-refractivity contribution is 0.240. The predicted molar refractivity (Wildman–Crippen MR) is 242 cm³/mol. The van der Waals surface area contributed by atoms with Crippen LogP contribution in [-0.4, -0.2) is 9.55 Å². The molecule has 4 heteroatoms. The topological polar surface area (TPSA) is 17.8 Å². The lowest BCUT2D eigenvalue weighted by atomic mass is 9.79. The van der Waals surface area contributed by atoms with Crippen molar-refractivity contribution in [3.05, 3.63) is 112 Å². The summed E-state index contributed by atoms with van der Waals surface area (Å²) in [5.41, 5.74) is 3.93. The van der Waals surface area contributed by atoms with E-state index in [4.69, 9.17) is 11.6 Å². The van der Waals surface area contributed by atoms with Gasteiger partial charge in [0.15, 0.2) is 0 Å². The third-order valence-corrected chi connectivity index (χ3v) is 11.9. The van der Waals surface area contributed by atoms with Crippen molar-refractivity contribution < 1.29 is 0 Å². The highest BCUT2D eigenvalue weighted by Gasteiger charge is 2.26. The van der Waals surface area contributed by atoms with E-state index >= 15 is 0 Å². The van der Waals surface area contributed by atoms with Gasteiger partial charge in [-0.1, -0.05) is 159 Å². The first-order chi connectivity index (χ1) is 24.5. The highest BCUT2D eigenvalue weighted by molar-refractivity contribution is 7.10. The van der Waals surface area contributed by atoms with Gasteiger partial charge in [0.05, 0.1) is 0 Å². The Kier molecular flexibility index (Phi) is 24.5. The molecular weight excluding hydrogens is 684 g/mol. The van der Waals surface area contributed by atoms with Crippen molar-refractivity contribution in [3.8, 4) is 0 Å². The Morgan fingerprint density at radius 1 is 0.736 bits per heavy atom. The van der Waals surface area contributed by atoms with Crippen LogP contribution in [0.5, 0.6) is 0 Å². The molecule has 0 saturated heterocycles. The van der Waals surface area contributed by atoms with Crippen LogP contribution >= 0.6 is 22.9 Å². The number of rotatable bonds is 5. The monoisotopic (exact) mass is 765 g/mol. The molecule has 5 rings (SSSR count). The summed E-state index contributed by atoms with van der Waals surface area (Å²) in [5, 5.41) is 2.95. The molecule has 2 nitrogen and oxygen atoms in total. The average Bonchev–Trinajstić information content (AvgIpc) is 3.91. The van der Waals surface area contributed by atoms with Crippen molar-refractivity contribution in [3.63, 3.8) is 0 Å². The van der Waals surface area contributed by atoms with Crippen molar-refractivity contribution in [2.45, 2.75) is 173 Å². The lowest BCUT2D eigenvalue weighted by Gasteiger charge is -2.27. The normalized spacial score (nSPS) is 13.1. The van der Waals surface area contributed by atoms with Gasteiger partial charge < -0.3 is 4.57 Å². The summed E-state index contributed by atoms with van der Waals surface area (Å²) < 4.78 is 2.17. The maximum atomic E-state index is 5.79. The second-order valence-corrected chi connectivity index (χ2v) is 19.8. The Morgan fingerprint density at radius 3 is 1.57 bits per heavy atom. The fraction of sp³-hybridized carbons (Fsp3) is 0.612. The third-order valence-electron chi connectivity index (χ3n) is 10.3. The summed E-state index contributed by atoms with van der Waals surface area (Å²) in [5.74, 6) is 2.94. The highest BCUT2D eigenvalue weighted by Crippen LogP contribution is 2.38. The maximum absolute atomic E-state index is 5.79. The molecule has 0 spiro atoms. The van der Waals surface area contributed by atoms with Crippen LogP contribution in [0.3, 0.4) is 0 Å². The van der Waals surface area contributed by atoms with Gasteiger partial charge in [0.2, 0.25) is 0 Å². The van der Waals surface area contributed by atoms with Gasteiger partial charge >= 0.3 is 0 Å². The molecule has 0 bridgehead atoms. The second kappa shape index (κ2) is 25.7. The molecular formula is C49H81ClN2S. The Bertz CT molecular complexity index is 1400.